The van der Waals surface area contributed by atoms with Gasteiger partial charge in [-0.2, -0.15) is 13.2 Å². The third-order valence-electron chi connectivity index (χ3n) is 3.31. The summed E-state index contributed by atoms with van der Waals surface area (Å²) >= 11 is 0. The van der Waals surface area contributed by atoms with Crippen LogP contribution in [0.2, 0.25) is 0 Å². The molecule has 7 nitrogen and oxygen atoms in total. The van der Waals surface area contributed by atoms with E-state index in [1.807, 2.05) is 0 Å². The number of hydrogen-bond donors (Lipinski definition) is 4. The first-order chi connectivity index (χ1) is 11.7. The Kier molecular flexibility index (Phi) is 5.22. The maximum absolute atomic E-state index is 12.5. The smallest absolute Gasteiger partial charge is 0.397 e. The molecule has 0 aliphatic heterocycles. The van der Waals surface area contributed by atoms with Crippen LogP contribution in [0.4, 0.5) is 18.9 Å². The third kappa shape index (κ3) is 4.23. The minimum absolute atomic E-state index is 0.0437. The molecular weight excluding hydrogens is 337 g/mol. The number of nitrogen functional groups attached to an aromatic ring is 1. The lowest BCUT2D eigenvalue weighted by molar-refractivity contribution is -0.137. The fraction of sp³-hybridized carbons (Fsp3) is 0.133. The van der Waals surface area contributed by atoms with Crippen molar-refractivity contribution in [1.29, 1.82) is 0 Å². The minimum Gasteiger partial charge on any atom is -0.397 e. The molecule has 0 saturated heterocycles. The molecular formula is C15H15F3N6O. The zero-order chi connectivity index (χ0) is 18.6. The van der Waals surface area contributed by atoms with E-state index in [1.54, 1.807) is 12.1 Å². The van der Waals surface area contributed by atoms with E-state index in [0.29, 0.717) is 11.3 Å². The zero-order valence-corrected chi connectivity index (χ0v) is 12.8. The van der Waals surface area contributed by atoms with Crippen LogP contribution >= 0.6 is 0 Å². The number of amidine groups is 1. The second-order valence-corrected chi connectivity index (χ2v) is 4.98. The highest BCUT2D eigenvalue weighted by Crippen LogP contribution is 2.28. The van der Waals surface area contributed by atoms with Gasteiger partial charge in [-0.15, -0.1) is 0 Å². The second kappa shape index (κ2) is 7.18. The van der Waals surface area contributed by atoms with Crippen LogP contribution in [0, 0.1) is 0 Å². The van der Waals surface area contributed by atoms with Gasteiger partial charge in [0.05, 0.1) is 29.1 Å². The summed E-state index contributed by atoms with van der Waals surface area (Å²) in [4.78, 5) is 19.2. The van der Waals surface area contributed by atoms with Crippen molar-refractivity contribution in [3.05, 3.63) is 58.9 Å². The van der Waals surface area contributed by atoms with E-state index in [9.17, 15) is 18.0 Å². The Labute approximate surface area is 140 Å². The summed E-state index contributed by atoms with van der Waals surface area (Å²) < 4.78 is 37.5. The van der Waals surface area contributed by atoms with Crippen molar-refractivity contribution in [3.8, 4) is 0 Å². The summed E-state index contributed by atoms with van der Waals surface area (Å²) in [7, 11) is 0. The standard InChI is InChI=1S/C15H15F3N6O/c16-15(17,18)8-4-5-9(22-6-8)7-23-14(24-21)11-3-1-2-10(12(11)19)13(20)25/h1-6H,7,19,21H2,(H2,20,25)(H,23,24). The molecule has 132 valence electrons. The van der Waals surface area contributed by atoms with Crippen LogP contribution in [0.5, 0.6) is 0 Å². The van der Waals surface area contributed by atoms with Crippen molar-refractivity contribution in [1.82, 2.24) is 10.4 Å². The van der Waals surface area contributed by atoms with Gasteiger partial charge in [0.15, 0.2) is 0 Å². The molecule has 0 atom stereocenters. The number of amides is 1. The van der Waals surface area contributed by atoms with Crippen molar-refractivity contribution < 1.29 is 18.0 Å². The number of anilines is 1. The predicted molar refractivity (Wildman–Crippen MR) is 86.2 cm³/mol. The Morgan fingerprint density at radius 1 is 1.20 bits per heavy atom. The van der Waals surface area contributed by atoms with Gasteiger partial charge in [0, 0.05) is 11.8 Å². The summed E-state index contributed by atoms with van der Waals surface area (Å²) in [6, 6.07) is 6.70. The molecule has 2 aromatic rings. The fourth-order valence-corrected chi connectivity index (χ4v) is 2.04. The molecule has 0 spiro atoms. The number of nitrogens with zero attached hydrogens (tertiary/aromatic N) is 2. The summed E-state index contributed by atoms with van der Waals surface area (Å²) in [5.74, 6) is 4.86. The van der Waals surface area contributed by atoms with Crippen LogP contribution in [-0.4, -0.2) is 16.7 Å². The van der Waals surface area contributed by atoms with Crippen LogP contribution in [0.3, 0.4) is 0 Å². The minimum atomic E-state index is -4.46. The fourth-order valence-electron chi connectivity index (χ4n) is 2.04. The molecule has 1 aromatic heterocycles. The van der Waals surface area contributed by atoms with Crippen molar-refractivity contribution in [2.45, 2.75) is 12.7 Å². The number of rotatable bonds is 4. The number of halogens is 3. The molecule has 0 fully saturated rings. The Morgan fingerprint density at radius 2 is 1.88 bits per heavy atom. The Morgan fingerprint density at radius 3 is 2.40 bits per heavy atom. The Hall–Kier alpha value is -3.14. The van der Waals surface area contributed by atoms with E-state index < -0.39 is 17.6 Å². The maximum Gasteiger partial charge on any atom is 0.417 e. The van der Waals surface area contributed by atoms with Gasteiger partial charge in [-0.3, -0.25) is 14.8 Å². The highest BCUT2D eigenvalue weighted by molar-refractivity contribution is 6.08. The van der Waals surface area contributed by atoms with Gasteiger partial charge in [0.25, 0.3) is 5.91 Å². The van der Waals surface area contributed by atoms with Crippen molar-refractivity contribution in [2.75, 3.05) is 5.73 Å². The number of aliphatic imine (C=N–C) groups is 1. The van der Waals surface area contributed by atoms with Crippen LogP contribution in [0.15, 0.2) is 41.5 Å². The molecule has 1 amide bonds. The van der Waals surface area contributed by atoms with E-state index in [2.05, 4.69) is 15.4 Å². The second-order valence-electron chi connectivity index (χ2n) is 4.98. The first kappa shape index (κ1) is 18.2. The average molecular weight is 352 g/mol. The van der Waals surface area contributed by atoms with E-state index in [0.717, 1.165) is 12.3 Å². The molecule has 1 heterocycles. The van der Waals surface area contributed by atoms with Gasteiger partial charge >= 0.3 is 6.18 Å². The molecule has 0 aliphatic carbocycles. The van der Waals surface area contributed by atoms with Gasteiger partial charge in [-0.1, -0.05) is 6.07 Å². The number of nitrogens with one attached hydrogen (secondary N) is 1. The summed E-state index contributed by atoms with van der Waals surface area (Å²) in [6.45, 7) is -0.0437. The van der Waals surface area contributed by atoms with E-state index in [-0.39, 0.29) is 23.6 Å². The van der Waals surface area contributed by atoms with Gasteiger partial charge in [-0.25, -0.2) is 5.84 Å². The Balaban J connectivity index is 2.27. The normalized spacial score (nSPS) is 12.1. The number of alkyl halides is 3. The lowest BCUT2D eigenvalue weighted by Crippen LogP contribution is -2.32. The largest absolute Gasteiger partial charge is 0.417 e. The van der Waals surface area contributed by atoms with Gasteiger partial charge in [0.1, 0.15) is 5.84 Å². The number of aromatic nitrogens is 1. The molecule has 10 heteroatoms. The van der Waals surface area contributed by atoms with Gasteiger partial charge < -0.3 is 16.9 Å². The summed E-state index contributed by atoms with van der Waals surface area (Å²) in [5, 5.41) is 0. The molecule has 0 saturated carbocycles. The number of benzene rings is 1. The topological polar surface area (TPSA) is 132 Å². The molecule has 2 rings (SSSR count). The van der Waals surface area contributed by atoms with Gasteiger partial charge in [-0.05, 0) is 24.3 Å². The molecule has 0 unspecified atom stereocenters. The zero-order valence-electron chi connectivity index (χ0n) is 12.8. The SMILES string of the molecule is NNC(=NCc1ccc(C(F)(F)F)cn1)c1cccc(C(N)=O)c1N. The number of hydrogen-bond acceptors (Lipinski definition) is 5. The number of hydrazine groups is 1. The lowest BCUT2D eigenvalue weighted by Gasteiger charge is -2.11. The van der Waals surface area contributed by atoms with Crippen LogP contribution in [-0.2, 0) is 12.7 Å². The maximum atomic E-state index is 12.5. The summed E-state index contributed by atoms with van der Waals surface area (Å²) in [5.41, 5.74) is 13.4. The first-order valence-corrected chi connectivity index (χ1v) is 6.96. The first-order valence-electron chi connectivity index (χ1n) is 6.96. The average Bonchev–Trinajstić information content (AvgIpc) is 2.56. The highest BCUT2D eigenvalue weighted by atomic mass is 19.4. The number of para-hydroxylation sites is 1. The molecule has 1 aromatic carbocycles. The number of carbonyl (C=O) groups is 1. The lowest BCUT2D eigenvalue weighted by atomic mass is 10.1. The number of carbonyl (C=O) groups excluding carboxylic acids is 1. The highest BCUT2D eigenvalue weighted by Gasteiger charge is 2.30. The van der Waals surface area contributed by atoms with Crippen LogP contribution in [0.1, 0.15) is 27.2 Å². The number of nitrogens with two attached hydrogens (primary N) is 3. The monoisotopic (exact) mass is 352 g/mol. The molecule has 0 aliphatic rings. The summed E-state index contributed by atoms with van der Waals surface area (Å²) in [6.07, 6.45) is -3.73. The molecule has 7 N–H and O–H groups in total. The Bertz CT molecular complexity index is 802. The van der Waals surface area contributed by atoms with Crippen molar-refractivity contribution in [2.24, 2.45) is 16.6 Å². The van der Waals surface area contributed by atoms with Gasteiger partial charge in [0.2, 0.25) is 0 Å². The van der Waals surface area contributed by atoms with E-state index >= 15 is 0 Å². The third-order valence-corrected chi connectivity index (χ3v) is 3.31. The molecule has 25 heavy (non-hydrogen) atoms. The predicted octanol–water partition coefficient (Wildman–Crippen LogP) is 1.19. The number of pyridine rings is 1. The van der Waals surface area contributed by atoms with E-state index in [4.69, 9.17) is 17.3 Å². The molecule has 0 radical (unpaired) electrons. The quantitative estimate of drug-likeness (QED) is 0.216. The van der Waals surface area contributed by atoms with Crippen molar-refractivity contribution >= 4 is 17.4 Å². The van der Waals surface area contributed by atoms with Crippen molar-refractivity contribution in [3.63, 3.8) is 0 Å². The number of primary amides is 1. The van der Waals surface area contributed by atoms with Crippen LogP contribution in [0.25, 0.3) is 0 Å². The van der Waals surface area contributed by atoms with E-state index in [1.165, 1.54) is 12.1 Å². The molecule has 0 bridgehead atoms. The van der Waals surface area contributed by atoms with Crippen LogP contribution < -0.4 is 22.7 Å².